The summed E-state index contributed by atoms with van der Waals surface area (Å²) >= 11 is 0. The first-order chi connectivity index (χ1) is 11.1. The normalized spacial score (nSPS) is 20.5. The molecule has 1 aliphatic rings. The third kappa shape index (κ3) is 2.34. The molecule has 2 amide bonds. The molecular weight excluding hydrogens is 299 g/mol. The summed E-state index contributed by atoms with van der Waals surface area (Å²) in [5.74, 6) is -1.91. The number of benzene rings is 1. The van der Waals surface area contributed by atoms with E-state index in [1.54, 1.807) is 6.07 Å². The predicted octanol–water partition coefficient (Wildman–Crippen LogP) is 1.23. The van der Waals surface area contributed by atoms with Gasteiger partial charge in [-0.1, -0.05) is 12.1 Å². The number of hydrogen-bond acceptors (Lipinski definition) is 4. The molecule has 0 unspecified atom stereocenters. The summed E-state index contributed by atoms with van der Waals surface area (Å²) < 4.78 is 14.0. The summed E-state index contributed by atoms with van der Waals surface area (Å²) in [6.07, 6.45) is 5.22. The Morgan fingerprint density at radius 3 is 2.70 bits per heavy atom. The largest absolute Gasteiger partial charge is 0.367 e. The van der Waals surface area contributed by atoms with Gasteiger partial charge < -0.3 is 10.6 Å². The average molecular weight is 314 g/mol. The SMILES string of the molecule is NC(=O)[C@@]1(c2cnccn2)CCCN1C(=O)c1ccccc1F. The zero-order valence-corrected chi connectivity index (χ0v) is 12.3. The number of carbonyl (C=O) groups excluding carboxylic acids is 2. The van der Waals surface area contributed by atoms with E-state index in [2.05, 4.69) is 9.97 Å². The fourth-order valence-corrected chi connectivity index (χ4v) is 3.04. The number of aromatic nitrogens is 2. The Balaban J connectivity index is 2.09. The first kappa shape index (κ1) is 15.1. The molecule has 2 aromatic rings. The van der Waals surface area contributed by atoms with E-state index in [9.17, 15) is 14.0 Å². The van der Waals surface area contributed by atoms with E-state index in [1.807, 2.05) is 0 Å². The van der Waals surface area contributed by atoms with Gasteiger partial charge >= 0.3 is 0 Å². The van der Waals surface area contributed by atoms with Gasteiger partial charge in [0.25, 0.3) is 5.91 Å². The van der Waals surface area contributed by atoms with Crippen molar-refractivity contribution in [2.24, 2.45) is 5.73 Å². The topological polar surface area (TPSA) is 89.2 Å². The molecule has 1 aliphatic heterocycles. The number of amides is 2. The number of likely N-dealkylation sites (tertiary alicyclic amines) is 1. The summed E-state index contributed by atoms with van der Waals surface area (Å²) in [4.78, 5) is 34.4. The molecule has 1 aromatic carbocycles. The molecule has 2 N–H and O–H groups in total. The fraction of sp³-hybridized carbons (Fsp3) is 0.250. The smallest absolute Gasteiger partial charge is 0.258 e. The molecule has 0 spiro atoms. The lowest BCUT2D eigenvalue weighted by Gasteiger charge is -2.35. The molecule has 3 rings (SSSR count). The molecule has 1 aromatic heterocycles. The second-order valence-corrected chi connectivity index (χ2v) is 5.36. The minimum absolute atomic E-state index is 0.0936. The maximum Gasteiger partial charge on any atom is 0.258 e. The van der Waals surface area contributed by atoms with Crippen molar-refractivity contribution in [3.05, 3.63) is 59.9 Å². The van der Waals surface area contributed by atoms with Crippen LogP contribution in [-0.2, 0) is 10.3 Å². The van der Waals surface area contributed by atoms with Crippen LogP contribution in [0, 0.1) is 5.82 Å². The van der Waals surface area contributed by atoms with Crippen molar-refractivity contribution < 1.29 is 14.0 Å². The van der Waals surface area contributed by atoms with Gasteiger partial charge in [0, 0.05) is 18.9 Å². The van der Waals surface area contributed by atoms with Gasteiger partial charge in [-0.05, 0) is 25.0 Å². The van der Waals surface area contributed by atoms with Gasteiger partial charge in [-0.15, -0.1) is 0 Å². The number of nitrogens with zero attached hydrogens (tertiary/aromatic N) is 3. The Labute approximate surface area is 132 Å². The number of rotatable bonds is 3. The molecule has 1 fully saturated rings. The number of halogens is 1. The minimum atomic E-state index is -1.40. The second kappa shape index (κ2) is 5.75. The minimum Gasteiger partial charge on any atom is -0.367 e. The molecule has 0 saturated carbocycles. The van der Waals surface area contributed by atoms with Crippen LogP contribution >= 0.6 is 0 Å². The highest BCUT2D eigenvalue weighted by atomic mass is 19.1. The predicted molar refractivity (Wildman–Crippen MR) is 79.6 cm³/mol. The molecule has 1 saturated heterocycles. The number of nitrogens with two attached hydrogens (primary N) is 1. The first-order valence-corrected chi connectivity index (χ1v) is 7.20. The van der Waals surface area contributed by atoms with Crippen LogP contribution in [0.5, 0.6) is 0 Å². The molecule has 1 atom stereocenters. The zero-order valence-electron chi connectivity index (χ0n) is 12.3. The molecule has 6 nitrogen and oxygen atoms in total. The number of primary amides is 1. The van der Waals surface area contributed by atoms with Crippen LogP contribution in [0.3, 0.4) is 0 Å². The van der Waals surface area contributed by atoms with Gasteiger partial charge in [0.05, 0.1) is 17.5 Å². The monoisotopic (exact) mass is 314 g/mol. The Hall–Kier alpha value is -2.83. The van der Waals surface area contributed by atoms with Crippen molar-refractivity contribution in [2.75, 3.05) is 6.54 Å². The Kier molecular flexibility index (Phi) is 3.77. The summed E-state index contributed by atoms with van der Waals surface area (Å²) in [7, 11) is 0. The molecule has 2 heterocycles. The van der Waals surface area contributed by atoms with Crippen molar-refractivity contribution in [1.29, 1.82) is 0 Å². The molecular formula is C16H15FN4O2. The van der Waals surface area contributed by atoms with Crippen molar-refractivity contribution >= 4 is 11.8 Å². The van der Waals surface area contributed by atoms with Crippen LogP contribution < -0.4 is 5.73 Å². The van der Waals surface area contributed by atoms with Gasteiger partial charge in [0.2, 0.25) is 5.91 Å². The Bertz CT molecular complexity index is 753. The zero-order chi connectivity index (χ0) is 16.4. The lowest BCUT2D eigenvalue weighted by atomic mass is 9.90. The third-order valence-electron chi connectivity index (χ3n) is 4.13. The van der Waals surface area contributed by atoms with Crippen LogP contribution in [0.1, 0.15) is 28.9 Å². The van der Waals surface area contributed by atoms with E-state index in [-0.39, 0.29) is 5.56 Å². The van der Waals surface area contributed by atoms with Crippen LogP contribution in [0.4, 0.5) is 4.39 Å². The van der Waals surface area contributed by atoms with Crippen molar-refractivity contribution in [2.45, 2.75) is 18.4 Å². The van der Waals surface area contributed by atoms with E-state index in [0.29, 0.717) is 25.1 Å². The van der Waals surface area contributed by atoms with Crippen LogP contribution in [0.2, 0.25) is 0 Å². The molecule has 23 heavy (non-hydrogen) atoms. The summed E-state index contributed by atoms with van der Waals surface area (Å²) in [5, 5.41) is 0. The first-order valence-electron chi connectivity index (χ1n) is 7.20. The lowest BCUT2D eigenvalue weighted by Crippen LogP contribution is -2.54. The quantitative estimate of drug-likeness (QED) is 0.923. The molecule has 7 heteroatoms. The molecule has 0 radical (unpaired) electrons. The number of hydrogen-bond donors (Lipinski definition) is 1. The van der Waals surface area contributed by atoms with E-state index in [4.69, 9.17) is 5.73 Å². The second-order valence-electron chi connectivity index (χ2n) is 5.36. The van der Waals surface area contributed by atoms with Gasteiger partial charge in [0.1, 0.15) is 5.82 Å². The van der Waals surface area contributed by atoms with E-state index >= 15 is 0 Å². The van der Waals surface area contributed by atoms with E-state index in [0.717, 1.165) is 0 Å². The van der Waals surface area contributed by atoms with Crippen molar-refractivity contribution in [1.82, 2.24) is 14.9 Å². The van der Waals surface area contributed by atoms with Crippen LogP contribution in [0.25, 0.3) is 0 Å². The maximum atomic E-state index is 14.0. The van der Waals surface area contributed by atoms with Gasteiger partial charge in [0.15, 0.2) is 5.54 Å². The lowest BCUT2D eigenvalue weighted by molar-refractivity contribution is -0.128. The van der Waals surface area contributed by atoms with Gasteiger partial charge in [-0.3, -0.25) is 19.6 Å². The fourth-order valence-electron chi connectivity index (χ4n) is 3.04. The summed E-state index contributed by atoms with van der Waals surface area (Å²) in [6.45, 7) is 0.298. The Morgan fingerprint density at radius 1 is 1.26 bits per heavy atom. The molecule has 118 valence electrons. The standard InChI is InChI=1S/C16H15FN4O2/c17-12-5-2-1-4-11(12)14(22)21-9-3-6-16(21,15(18)23)13-10-19-7-8-20-13/h1-2,4-5,7-8,10H,3,6,9H2,(H2,18,23)/t16-/m0/s1. The highest BCUT2D eigenvalue weighted by Crippen LogP contribution is 2.38. The van der Waals surface area contributed by atoms with Gasteiger partial charge in [-0.25, -0.2) is 4.39 Å². The van der Waals surface area contributed by atoms with Gasteiger partial charge in [-0.2, -0.15) is 0 Å². The van der Waals surface area contributed by atoms with Crippen molar-refractivity contribution in [3.63, 3.8) is 0 Å². The maximum absolute atomic E-state index is 14.0. The highest BCUT2D eigenvalue weighted by Gasteiger charge is 2.51. The summed E-state index contributed by atoms with van der Waals surface area (Å²) in [6, 6.07) is 5.66. The highest BCUT2D eigenvalue weighted by molar-refractivity contribution is 5.99. The summed E-state index contributed by atoms with van der Waals surface area (Å²) in [5.41, 5.74) is 4.43. The Morgan fingerprint density at radius 2 is 2.04 bits per heavy atom. The average Bonchev–Trinajstić information content (AvgIpc) is 3.01. The molecule has 0 bridgehead atoms. The molecule has 0 aliphatic carbocycles. The van der Waals surface area contributed by atoms with E-state index in [1.165, 1.54) is 41.7 Å². The van der Waals surface area contributed by atoms with Crippen LogP contribution in [-0.4, -0.2) is 33.2 Å². The van der Waals surface area contributed by atoms with Crippen LogP contribution in [0.15, 0.2) is 42.9 Å². The van der Waals surface area contributed by atoms with E-state index < -0.39 is 23.2 Å². The third-order valence-corrected chi connectivity index (χ3v) is 4.13. The number of carbonyl (C=O) groups is 2. The van der Waals surface area contributed by atoms with Crippen molar-refractivity contribution in [3.8, 4) is 0 Å².